The van der Waals surface area contributed by atoms with Crippen molar-refractivity contribution in [3.8, 4) is 0 Å². The molecular weight excluding hydrogens is 212 g/mol. The Morgan fingerprint density at radius 2 is 2.12 bits per heavy atom. The van der Waals surface area contributed by atoms with Crippen LogP contribution in [0.15, 0.2) is 0 Å². The molecule has 1 aliphatic heterocycles. The summed E-state index contributed by atoms with van der Waals surface area (Å²) in [5, 5.41) is 3.63. The summed E-state index contributed by atoms with van der Waals surface area (Å²) >= 11 is 0. The standard InChI is InChI=1S/C14H30N2O/c1-6-14(3,4)15-8-10-16-9-7-13(17-5)11-12(16)2/h12-13,15H,6-11H2,1-5H3. The third kappa shape index (κ3) is 4.94. The molecule has 2 unspecified atom stereocenters. The predicted octanol–water partition coefficient (Wildman–Crippen LogP) is 2.26. The smallest absolute Gasteiger partial charge is 0.0598 e. The minimum Gasteiger partial charge on any atom is -0.381 e. The summed E-state index contributed by atoms with van der Waals surface area (Å²) in [7, 11) is 1.83. The average molecular weight is 242 g/mol. The Balaban J connectivity index is 2.24. The minimum atomic E-state index is 0.272. The van der Waals surface area contributed by atoms with E-state index in [1.807, 2.05) is 7.11 Å². The highest BCUT2D eigenvalue weighted by Crippen LogP contribution is 2.18. The molecule has 0 radical (unpaired) electrons. The van der Waals surface area contributed by atoms with Gasteiger partial charge in [-0.2, -0.15) is 0 Å². The number of likely N-dealkylation sites (tertiary alicyclic amines) is 1. The fourth-order valence-corrected chi connectivity index (χ4v) is 2.39. The van der Waals surface area contributed by atoms with Crippen molar-refractivity contribution < 1.29 is 4.74 Å². The van der Waals surface area contributed by atoms with Gasteiger partial charge in [0.05, 0.1) is 6.10 Å². The van der Waals surface area contributed by atoms with Crippen LogP contribution in [-0.4, -0.2) is 49.3 Å². The lowest BCUT2D eigenvalue weighted by molar-refractivity contribution is 0.0159. The van der Waals surface area contributed by atoms with Crippen molar-refractivity contribution in [3.05, 3.63) is 0 Å². The zero-order valence-corrected chi connectivity index (χ0v) is 12.3. The highest BCUT2D eigenvalue weighted by molar-refractivity contribution is 4.81. The van der Waals surface area contributed by atoms with E-state index in [1.54, 1.807) is 0 Å². The molecule has 1 saturated heterocycles. The van der Waals surface area contributed by atoms with Crippen LogP contribution in [0.2, 0.25) is 0 Å². The molecule has 0 aromatic rings. The van der Waals surface area contributed by atoms with Crippen molar-refractivity contribution in [1.82, 2.24) is 10.2 Å². The van der Waals surface area contributed by atoms with Gasteiger partial charge in [-0.15, -0.1) is 0 Å². The lowest BCUT2D eigenvalue weighted by Gasteiger charge is -2.37. The van der Waals surface area contributed by atoms with Crippen LogP contribution >= 0.6 is 0 Å². The molecule has 1 N–H and O–H groups in total. The predicted molar refractivity (Wildman–Crippen MR) is 73.4 cm³/mol. The molecule has 3 nitrogen and oxygen atoms in total. The summed E-state index contributed by atoms with van der Waals surface area (Å²) in [4.78, 5) is 2.58. The maximum absolute atomic E-state index is 5.44. The van der Waals surface area contributed by atoms with E-state index in [1.165, 1.54) is 25.8 Å². The van der Waals surface area contributed by atoms with E-state index in [-0.39, 0.29) is 5.54 Å². The molecule has 1 fully saturated rings. The number of nitrogens with one attached hydrogen (secondary N) is 1. The Morgan fingerprint density at radius 1 is 1.41 bits per heavy atom. The quantitative estimate of drug-likeness (QED) is 0.773. The second-order valence-electron chi connectivity index (χ2n) is 5.93. The van der Waals surface area contributed by atoms with Crippen molar-refractivity contribution >= 4 is 0 Å². The van der Waals surface area contributed by atoms with E-state index < -0.39 is 0 Å². The van der Waals surface area contributed by atoms with Gasteiger partial charge in [0.1, 0.15) is 0 Å². The van der Waals surface area contributed by atoms with Crippen LogP contribution in [-0.2, 0) is 4.74 Å². The Morgan fingerprint density at radius 3 is 2.65 bits per heavy atom. The largest absolute Gasteiger partial charge is 0.381 e. The fraction of sp³-hybridized carbons (Fsp3) is 1.00. The van der Waals surface area contributed by atoms with Gasteiger partial charge >= 0.3 is 0 Å². The Hall–Kier alpha value is -0.120. The summed E-state index contributed by atoms with van der Waals surface area (Å²) in [5.74, 6) is 0. The lowest BCUT2D eigenvalue weighted by atomic mass is 10.00. The zero-order valence-electron chi connectivity index (χ0n) is 12.3. The van der Waals surface area contributed by atoms with Gasteiger partial charge in [-0.05, 0) is 40.0 Å². The molecule has 2 atom stereocenters. The molecule has 3 heteroatoms. The van der Waals surface area contributed by atoms with Gasteiger partial charge < -0.3 is 10.1 Å². The second-order valence-corrected chi connectivity index (χ2v) is 5.93. The van der Waals surface area contributed by atoms with Crippen molar-refractivity contribution in [2.75, 3.05) is 26.7 Å². The SMILES string of the molecule is CCC(C)(C)NCCN1CCC(OC)CC1C. The molecule has 0 spiro atoms. The molecule has 0 aromatic heterocycles. The molecule has 1 rings (SSSR count). The van der Waals surface area contributed by atoms with E-state index >= 15 is 0 Å². The number of rotatable bonds is 6. The highest BCUT2D eigenvalue weighted by Gasteiger charge is 2.25. The van der Waals surface area contributed by atoms with Crippen LogP contribution in [0.5, 0.6) is 0 Å². The number of hydrogen-bond acceptors (Lipinski definition) is 3. The summed E-state index contributed by atoms with van der Waals surface area (Å²) in [6.07, 6.45) is 4.00. The number of piperidine rings is 1. The van der Waals surface area contributed by atoms with Gasteiger partial charge in [-0.1, -0.05) is 6.92 Å². The normalized spacial score (nSPS) is 27.4. The van der Waals surface area contributed by atoms with Crippen molar-refractivity contribution in [2.45, 2.75) is 64.6 Å². The number of nitrogens with zero attached hydrogens (tertiary/aromatic N) is 1. The summed E-state index contributed by atoms with van der Waals surface area (Å²) in [5.41, 5.74) is 0.272. The first-order chi connectivity index (χ1) is 7.98. The molecule has 102 valence electrons. The molecule has 0 aliphatic carbocycles. The first-order valence-electron chi connectivity index (χ1n) is 7.00. The Kier molecular flexibility index (Phi) is 5.90. The van der Waals surface area contributed by atoms with Crippen LogP contribution in [0.1, 0.15) is 47.0 Å². The average Bonchev–Trinajstić information content (AvgIpc) is 2.31. The highest BCUT2D eigenvalue weighted by atomic mass is 16.5. The third-order valence-corrected chi connectivity index (χ3v) is 4.19. The van der Waals surface area contributed by atoms with E-state index in [0.29, 0.717) is 12.1 Å². The van der Waals surface area contributed by atoms with Crippen molar-refractivity contribution in [1.29, 1.82) is 0 Å². The molecule has 0 amide bonds. The molecule has 1 aliphatic rings. The molecular formula is C14H30N2O. The van der Waals surface area contributed by atoms with Gasteiger partial charge in [-0.25, -0.2) is 0 Å². The summed E-state index contributed by atoms with van der Waals surface area (Å²) in [6.45, 7) is 12.5. The third-order valence-electron chi connectivity index (χ3n) is 4.19. The Bertz CT molecular complexity index is 218. The van der Waals surface area contributed by atoms with Gasteiger partial charge in [0, 0.05) is 38.3 Å². The molecule has 0 saturated carbocycles. The van der Waals surface area contributed by atoms with Crippen LogP contribution in [0.3, 0.4) is 0 Å². The van der Waals surface area contributed by atoms with Crippen LogP contribution in [0.4, 0.5) is 0 Å². The van der Waals surface area contributed by atoms with E-state index in [0.717, 1.165) is 13.1 Å². The molecule has 0 aromatic carbocycles. The molecule has 1 heterocycles. The van der Waals surface area contributed by atoms with Crippen molar-refractivity contribution in [2.24, 2.45) is 0 Å². The number of hydrogen-bond donors (Lipinski definition) is 1. The van der Waals surface area contributed by atoms with E-state index in [9.17, 15) is 0 Å². The first kappa shape index (κ1) is 14.9. The van der Waals surface area contributed by atoms with Gasteiger partial charge in [0.25, 0.3) is 0 Å². The first-order valence-corrected chi connectivity index (χ1v) is 7.00. The van der Waals surface area contributed by atoms with E-state index in [4.69, 9.17) is 4.74 Å². The Labute approximate surface area is 107 Å². The minimum absolute atomic E-state index is 0.272. The van der Waals surface area contributed by atoms with Gasteiger partial charge in [-0.3, -0.25) is 4.90 Å². The molecule has 0 bridgehead atoms. The monoisotopic (exact) mass is 242 g/mol. The van der Waals surface area contributed by atoms with E-state index in [2.05, 4.69) is 37.9 Å². The van der Waals surface area contributed by atoms with Crippen molar-refractivity contribution in [3.63, 3.8) is 0 Å². The zero-order chi connectivity index (χ0) is 12.9. The fourth-order valence-electron chi connectivity index (χ4n) is 2.39. The second kappa shape index (κ2) is 6.72. The number of methoxy groups -OCH3 is 1. The molecule has 17 heavy (non-hydrogen) atoms. The van der Waals surface area contributed by atoms with Crippen LogP contribution in [0, 0.1) is 0 Å². The summed E-state index contributed by atoms with van der Waals surface area (Å²) < 4.78 is 5.44. The van der Waals surface area contributed by atoms with Crippen LogP contribution < -0.4 is 5.32 Å². The summed E-state index contributed by atoms with van der Waals surface area (Å²) in [6, 6.07) is 0.653. The van der Waals surface area contributed by atoms with Gasteiger partial charge in [0.2, 0.25) is 0 Å². The number of ether oxygens (including phenoxy) is 1. The maximum Gasteiger partial charge on any atom is 0.0598 e. The van der Waals surface area contributed by atoms with Gasteiger partial charge in [0.15, 0.2) is 0 Å². The topological polar surface area (TPSA) is 24.5 Å². The lowest BCUT2D eigenvalue weighted by Crippen LogP contribution is -2.48. The van der Waals surface area contributed by atoms with Crippen LogP contribution in [0.25, 0.3) is 0 Å². The maximum atomic E-state index is 5.44.